The van der Waals surface area contributed by atoms with E-state index in [9.17, 15) is 19.8 Å². The maximum absolute atomic E-state index is 13.1. The molecule has 0 aliphatic carbocycles. The topological polar surface area (TPSA) is 90.3 Å². The van der Waals surface area contributed by atoms with Crippen LogP contribution in [0.25, 0.3) is 5.76 Å². The Hall–Kier alpha value is -3.03. The summed E-state index contributed by atoms with van der Waals surface area (Å²) in [6, 6.07) is 10.5. The summed E-state index contributed by atoms with van der Waals surface area (Å²) >= 11 is 6.05. The van der Waals surface area contributed by atoms with Gasteiger partial charge in [0.25, 0.3) is 11.7 Å². The molecule has 1 aliphatic rings. The van der Waals surface area contributed by atoms with Gasteiger partial charge in [0.05, 0.1) is 23.8 Å². The van der Waals surface area contributed by atoms with E-state index in [2.05, 4.69) is 0 Å². The number of carbonyl (C=O) groups excluding carboxylic acids is 2. The number of ketones is 1. The fourth-order valence-corrected chi connectivity index (χ4v) is 4.00. The number of aromatic hydroxyl groups is 1. The van der Waals surface area contributed by atoms with E-state index in [1.165, 1.54) is 23.1 Å². The number of nitrogens with zero attached hydrogens (tertiary/aromatic N) is 2. The number of benzene rings is 2. The van der Waals surface area contributed by atoms with Gasteiger partial charge in [0.15, 0.2) is 0 Å². The minimum Gasteiger partial charge on any atom is -0.507 e. The lowest BCUT2D eigenvalue weighted by atomic mass is 9.95. The monoisotopic (exact) mass is 472 g/mol. The molecule has 1 amide bonds. The average molecular weight is 473 g/mol. The maximum Gasteiger partial charge on any atom is 0.295 e. The zero-order valence-electron chi connectivity index (χ0n) is 19.0. The molecule has 176 valence electrons. The Morgan fingerprint density at radius 3 is 2.48 bits per heavy atom. The van der Waals surface area contributed by atoms with E-state index in [1.807, 2.05) is 25.9 Å². The van der Waals surface area contributed by atoms with Crippen molar-refractivity contribution >= 4 is 29.1 Å². The predicted octanol–water partition coefficient (Wildman–Crippen LogP) is 4.21. The Morgan fingerprint density at radius 1 is 1.15 bits per heavy atom. The van der Waals surface area contributed by atoms with Crippen LogP contribution >= 0.6 is 11.6 Å². The second kappa shape index (κ2) is 10.7. The highest BCUT2D eigenvalue weighted by atomic mass is 35.5. The summed E-state index contributed by atoms with van der Waals surface area (Å²) in [5.74, 6) is -1.50. The Bertz CT molecular complexity index is 1050. The van der Waals surface area contributed by atoms with Crippen LogP contribution in [0.2, 0.25) is 5.02 Å². The van der Waals surface area contributed by atoms with Gasteiger partial charge in [-0.15, -0.1) is 0 Å². The predicted molar refractivity (Wildman–Crippen MR) is 128 cm³/mol. The highest BCUT2D eigenvalue weighted by Crippen LogP contribution is 2.41. The average Bonchev–Trinajstić information content (AvgIpc) is 3.04. The number of Topliss-reactive ketones (excluding diaryl/α,β-unsaturated/α-hetero) is 1. The van der Waals surface area contributed by atoms with Gasteiger partial charge >= 0.3 is 0 Å². The summed E-state index contributed by atoms with van der Waals surface area (Å²) in [7, 11) is 3.87. The number of halogens is 1. The third-order valence-corrected chi connectivity index (χ3v) is 5.66. The molecule has 1 aliphatic heterocycles. The summed E-state index contributed by atoms with van der Waals surface area (Å²) in [5.41, 5.74) is 0.581. The Kier molecular flexibility index (Phi) is 8.00. The number of carbonyl (C=O) groups is 2. The first kappa shape index (κ1) is 24.6. The smallest absolute Gasteiger partial charge is 0.295 e. The molecule has 1 atom stereocenters. The fourth-order valence-electron chi connectivity index (χ4n) is 3.82. The number of hydrogen-bond donors (Lipinski definition) is 2. The van der Waals surface area contributed by atoms with Crippen molar-refractivity contribution in [2.75, 3.05) is 33.8 Å². The molecule has 0 saturated carbocycles. The van der Waals surface area contributed by atoms with Crippen molar-refractivity contribution in [3.63, 3.8) is 0 Å². The SMILES string of the molecule is CCCOc1ccc([C@H]2C(=C(O)c3cc(Cl)ccc3O)C(=O)C(=O)N2CCCN(C)C)cc1. The molecule has 1 fully saturated rings. The van der Waals surface area contributed by atoms with E-state index in [1.54, 1.807) is 24.3 Å². The second-order valence-electron chi connectivity index (χ2n) is 8.23. The molecule has 0 unspecified atom stereocenters. The fraction of sp³-hybridized carbons (Fsp3) is 0.360. The molecule has 1 heterocycles. The molecule has 2 aromatic rings. The van der Waals surface area contributed by atoms with E-state index >= 15 is 0 Å². The molecule has 33 heavy (non-hydrogen) atoms. The zero-order valence-corrected chi connectivity index (χ0v) is 19.8. The Labute approximate surface area is 198 Å². The number of amides is 1. The number of phenols is 1. The lowest BCUT2D eigenvalue weighted by molar-refractivity contribution is -0.139. The van der Waals surface area contributed by atoms with Crippen LogP contribution in [0.5, 0.6) is 11.5 Å². The van der Waals surface area contributed by atoms with Gasteiger partial charge in [0.2, 0.25) is 0 Å². The molecule has 7 nitrogen and oxygen atoms in total. The minimum absolute atomic E-state index is 0.00157. The van der Waals surface area contributed by atoms with Gasteiger partial charge in [-0.2, -0.15) is 0 Å². The van der Waals surface area contributed by atoms with Gasteiger partial charge < -0.3 is 24.7 Å². The molecule has 2 aromatic carbocycles. The number of phenolic OH excluding ortho intramolecular Hbond substituents is 1. The second-order valence-corrected chi connectivity index (χ2v) is 8.66. The Morgan fingerprint density at radius 2 is 1.85 bits per heavy atom. The third-order valence-electron chi connectivity index (χ3n) is 5.43. The van der Waals surface area contributed by atoms with Crippen molar-refractivity contribution in [3.05, 3.63) is 64.2 Å². The highest BCUT2D eigenvalue weighted by Gasteiger charge is 2.46. The molecule has 0 bridgehead atoms. The number of aliphatic hydroxyl groups is 1. The zero-order chi connectivity index (χ0) is 24.1. The molecule has 2 N–H and O–H groups in total. The lowest BCUT2D eigenvalue weighted by Crippen LogP contribution is -2.32. The first-order chi connectivity index (χ1) is 15.7. The summed E-state index contributed by atoms with van der Waals surface area (Å²) < 4.78 is 5.64. The third kappa shape index (κ3) is 5.49. The van der Waals surface area contributed by atoms with Crippen LogP contribution in [0.1, 0.15) is 36.9 Å². The number of hydrogen-bond acceptors (Lipinski definition) is 6. The van der Waals surface area contributed by atoms with Crippen LogP contribution in [0, 0.1) is 0 Å². The van der Waals surface area contributed by atoms with Gasteiger partial charge in [0.1, 0.15) is 17.3 Å². The summed E-state index contributed by atoms with van der Waals surface area (Å²) in [4.78, 5) is 29.5. The number of rotatable bonds is 9. The van der Waals surface area contributed by atoms with Gasteiger partial charge in [-0.25, -0.2) is 0 Å². The van der Waals surface area contributed by atoms with Crippen molar-refractivity contribution in [2.45, 2.75) is 25.8 Å². The molecular formula is C25H29ClN2O5. The maximum atomic E-state index is 13.1. The lowest BCUT2D eigenvalue weighted by Gasteiger charge is -2.26. The normalized spacial score (nSPS) is 17.7. The van der Waals surface area contributed by atoms with E-state index in [0.717, 1.165) is 13.0 Å². The summed E-state index contributed by atoms with van der Waals surface area (Å²) in [6.45, 7) is 3.66. The molecule has 0 radical (unpaired) electrons. The van der Waals surface area contributed by atoms with E-state index in [0.29, 0.717) is 30.9 Å². The molecule has 1 saturated heterocycles. The van der Waals surface area contributed by atoms with Crippen molar-refractivity contribution in [2.24, 2.45) is 0 Å². The highest BCUT2D eigenvalue weighted by molar-refractivity contribution is 6.46. The standard InChI is InChI=1S/C25H29ClN2O5/c1-4-14-33-18-9-6-16(7-10-18)22-21(23(30)19-15-17(26)8-11-20(19)29)24(31)25(32)28(22)13-5-12-27(2)3/h6-11,15,22,29-30H,4-5,12-14H2,1-3H3/t22-/m0/s1. The first-order valence-corrected chi connectivity index (χ1v) is 11.3. The van der Waals surface area contributed by atoms with Crippen LogP contribution in [0.15, 0.2) is 48.0 Å². The van der Waals surface area contributed by atoms with Gasteiger partial charge in [-0.3, -0.25) is 9.59 Å². The van der Waals surface area contributed by atoms with Crippen molar-refractivity contribution < 1.29 is 24.5 Å². The quantitative estimate of drug-likeness (QED) is 0.323. The number of ether oxygens (including phenoxy) is 1. The van der Waals surface area contributed by atoms with Crippen LogP contribution in [-0.4, -0.2) is 65.5 Å². The molecule has 0 spiro atoms. The molecule has 3 rings (SSSR count). The molecule has 0 aromatic heterocycles. The van der Waals surface area contributed by atoms with Crippen LogP contribution in [0.4, 0.5) is 0 Å². The van der Waals surface area contributed by atoms with Gasteiger partial charge in [0, 0.05) is 11.6 Å². The number of aliphatic hydroxyl groups excluding tert-OH is 1. The van der Waals surface area contributed by atoms with Crippen LogP contribution in [-0.2, 0) is 9.59 Å². The minimum atomic E-state index is -0.800. The molecule has 8 heteroatoms. The largest absolute Gasteiger partial charge is 0.507 e. The van der Waals surface area contributed by atoms with Crippen molar-refractivity contribution in [3.8, 4) is 11.5 Å². The van der Waals surface area contributed by atoms with E-state index in [4.69, 9.17) is 16.3 Å². The summed E-state index contributed by atoms with van der Waals surface area (Å²) in [5, 5.41) is 21.6. The van der Waals surface area contributed by atoms with Crippen LogP contribution < -0.4 is 4.74 Å². The van der Waals surface area contributed by atoms with Crippen molar-refractivity contribution in [1.29, 1.82) is 0 Å². The van der Waals surface area contributed by atoms with Gasteiger partial charge in [-0.1, -0.05) is 30.7 Å². The first-order valence-electron chi connectivity index (χ1n) is 10.9. The van der Waals surface area contributed by atoms with E-state index in [-0.39, 0.29) is 21.9 Å². The van der Waals surface area contributed by atoms with Gasteiger partial charge in [-0.05, 0) is 69.4 Å². The Balaban J connectivity index is 2.08. The van der Waals surface area contributed by atoms with E-state index < -0.39 is 23.5 Å². The molecular weight excluding hydrogens is 444 g/mol. The number of likely N-dealkylation sites (tertiary alicyclic amines) is 1. The van der Waals surface area contributed by atoms with Crippen LogP contribution in [0.3, 0.4) is 0 Å². The summed E-state index contributed by atoms with van der Waals surface area (Å²) in [6.07, 6.45) is 1.52. The van der Waals surface area contributed by atoms with Crippen molar-refractivity contribution in [1.82, 2.24) is 9.80 Å².